The number of carbonyl (C=O) groups excluding carboxylic acids is 1. The summed E-state index contributed by atoms with van der Waals surface area (Å²) in [5.74, 6) is -4.09. The van der Waals surface area contributed by atoms with E-state index in [-0.39, 0.29) is 29.1 Å². The molecule has 1 heterocycles. The Balaban J connectivity index is 1.57. The van der Waals surface area contributed by atoms with Crippen molar-refractivity contribution in [3.63, 3.8) is 0 Å². The topological polar surface area (TPSA) is 162 Å². The van der Waals surface area contributed by atoms with Gasteiger partial charge in [0.2, 0.25) is 5.76 Å². The van der Waals surface area contributed by atoms with Crippen LogP contribution in [0, 0.1) is 11.6 Å². The predicted octanol–water partition coefficient (Wildman–Crippen LogP) is 4.65. The van der Waals surface area contributed by atoms with Crippen LogP contribution in [0.1, 0.15) is 16.1 Å². The number of halogens is 3. The number of aliphatic carboxylic acids is 1. The lowest BCUT2D eigenvalue weighted by Crippen LogP contribution is -2.47. The molecule has 0 saturated carbocycles. The van der Waals surface area contributed by atoms with E-state index in [2.05, 4.69) is 15.1 Å². The summed E-state index contributed by atoms with van der Waals surface area (Å²) >= 11 is 5.97. The third-order valence-corrected chi connectivity index (χ3v) is 6.40. The molecule has 15 heteroatoms. The number of nitrogens with zero attached hydrogens (tertiary/aromatic N) is 2. The van der Waals surface area contributed by atoms with Crippen molar-refractivity contribution in [2.75, 3.05) is 6.54 Å². The van der Waals surface area contributed by atoms with E-state index in [1.54, 1.807) is 30.3 Å². The largest absolute Gasteiger partial charge is 0.479 e. The van der Waals surface area contributed by atoms with E-state index in [9.17, 15) is 28.0 Å². The minimum Gasteiger partial charge on any atom is -0.479 e. The zero-order valence-corrected chi connectivity index (χ0v) is 22.4. The second kappa shape index (κ2) is 12.7. The van der Waals surface area contributed by atoms with Gasteiger partial charge in [0, 0.05) is 28.8 Å². The van der Waals surface area contributed by atoms with Crippen LogP contribution in [0.4, 0.5) is 8.78 Å². The molecule has 0 spiro atoms. The Morgan fingerprint density at radius 3 is 2.37 bits per heavy atom. The fourth-order valence-electron chi connectivity index (χ4n) is 3.78. The molecule has 4 aromatic rings. The van der Waals surface area contributed by atoms with Crippen LogP contribution in [0.25, 0.3) is 22.4 Å². The summed E-state index contributed by atoms with van der Waals surface area (Å²) in [7, 11) is -5.22. The number of hydrazine groups is 1. The zero-order valence-electron chi connectivity index (χ0n) is 20.8. The van der Waals surface area contributed by atoms with Crippen molar-refractivity contribution >= 4 is 31.3 Å². The van der Waals surface area contributed by atoms with Crippen LogP contribution in [-0.4, -0.2) is 49.6 Å². The molecule has 214 valence electrons. The fraction of sp³-hybridized carbons (Fsp3) is 0.115. The van der Waals surface area contributed by atoms with Crippen LogP contribution in [-0.2, 0) is 20.4 Å². The van der Waals surface area contributed by atoms with E-state index in [1.807, 2.05) is 0 Å². The van der Waals surface area contributed by atoms with Crippen LogP contribution in [0.3, 0.4) is 0 Å². The summed E-state index contributed by atoms with van der Waals surface area (Å²) in [6.45, 7) is -0.905. The molecule has 0 fully saturated rings. The Bertz CT molecular complexity index is 1610. The molecule has 0 saturated heterocycles. The van der Waals surface area contributed by atoms with Crippen LogP contribution in [0.15, 0.2) is 77.3 Å². The van der Waals surface area contributed by atoms with Crippen molar-refractivity contribution in [1.29, 1.82) is 0 Å². The van der Waals surface area contributed by atoms with Crippen molar-refractivity contribution in [3.05, 3.63) is 101 Å². The molecule has 3 aromatic carbocycles. The molecule has 0 aliphatic rings. The van der Waals surface area contributed by atoms with Crippen molar-refractivity contribution < 1.29 is 46.9 Å². The first-order chi connectivity index (χ1) is 19.4. The molecule has 0 radical (unpaired) electrons. The minimum absolute atomic E-state index is 0.0249. The number of phosphoric acid groups is 1. The monoisotopic (exact) mass is 607 g/mol. The second-order valence-corrected chi connectivity index (χ2v) is 10.3. The van der Waals surface area contributed by atoms with Crippen molar-refractivity contribution in [3.8, 4) is 22.4 Å². The number of benzene rings is 3. The molecule has 11 nitrogen and oxygen atoms in total. The number of aromatic nitrogens is 1. The van der Waals surface area contributed by atoms with Crippen LogP contribution in [0.2, 0.25) is 5.02 Å². The van der Waals surface area contributed by atoms with Gasteiger partial charge in [-0.3, -0.25) is 14.7 Å². The maximum absolute atomic E-state index is 14.3. The Labute approximate surface area is 236 Å². The summed E-state index contributed by atoms with van der Waals surface area (Å²) in [4.78, 5) is 42.9. The Morgan fingerprint density at radius 2 is 1.71 bits per heavy atom. The van der Waals surface area contributed by atoms with E-state index in [0.29, 0.717) is 16.1 Å². The molecular weight excluding hydrogens is 587 g/mol. The van der Waals surface area contributed by atoms with Gasteiger partial charge in [-0.2, -0.15) is 0 Å². The Hall–Kier alpha value is -3.97. The quantitative estimate of drug-likeness (QED) is 0.139. The molecule has 0 aliphatic heterocycles. The Kier molecular flexibility index (Phi) is 9.28. The van der Waals surface area contributed by atoms with Gasteiger partial charge >= 0.3 is 19.7 Å². The van der Waals surface area contributed by atoms with Crippen LogP contribution in [0.5, 0.6) is 0 Å². The van der Waals surface area contributed by atoms with E-state index < -0.39 is 44.0 Å². The second-order valence-electron chi connectivity index (χ2n) is 8.62. The number of carboxylic acids is 1. The molecule has 41 heavy (non-hydrogen) atoms. The van der Waals surface area contributed by atoms with Crippen LogP contribution >= 0.6 is 19.4 Å². The minimum atomic E-state index is -5.22. The highest BCUT2D eigenvalue weighted by molar-refractivity contribution is 7.46. The molecule has 0 unspecified atom stereocenters. The number of hydrogen-bond acceptors (Lipinski definition) is 7. The summed E-state index contributed by atoms with van der Waals surface area (Å²) in [5, 5.41) is 14.5. The first kappa shape index (κ1) is 30.0. The third kappa shape index (κ3) is 8.04. The van der Waals surface area contributed by atoms with Gasteiger partial charge in [-0.25, -0.2) is 23.1 Å². The molecule has 4 N–H and O–H groups in total. The summed E-state index contributed by atoms with van der Waals surface area (Å²) in [6.07, 6.45) is -2.06. The van der Waals surface area contributed by atoms with E-state index in [0.717, 1.165) is 5.01 Å². The summed E-state index contributed by atoms with van der Waals surface area (Å²) in [5.41, 5.74) is 3.70. The smallest absolute Gasteiger partial charge is 0.470 e. The van der Waals surface area contributed by atoms with Crippen molar-refractivity contribution in [2.24, 2.45) is 0 Å². The average molecular weight is 608 g/mol. The lowest BCUT2D eigenvalue weighted by molar-refractivity contribution is -0.147. The van der Waals surface area contributed by atoms with Gasteiger partial charge < -0.3 is 19.4 Å². The van der Waals surface area contributed by atoms with Crippen molar-refractivity contribution in [1.82, 2.24) is 15.6 Å². The van der Waals surface area contributed by atoms with Gasteiger partial charge in [-0.05, 0) is 41.5 Å². The molecule has 0 aliphatic carbocycles. The maximum Gasteiger partial charge on any atom is 0.470 e. The van der Waals surface area contributed by atoms with Gasteiger partial charge in [-0.1, -0.05) is 53.2 Å². The molecule has 1 amide bonds. The SMILES string of the molecule is O=C(NN(Cc1ccc(-c2cc(Cl)ccc2F)cc1)C[C@@H](OP(=O)(O)O)C(=O)O)c1cc(-c2ccccc2F)no1. The van der Waals surface area contributed by atoms with E-state index in [4.69, 9.17) is 25.9 Å². The third-order valence-electron chi connectivity index (χ3n) is 5.64. The number of phosphoric ester groups is 1. The lowest BCUT2D eigenvalue weighted by Gasteiger charge is -2.26. The Morgan fingerprint density at radius 1 is 1.02 bits per heavy atom. The standard InChI is InChI=1S/C26H21ClF2N3O8P/c27-17-9-10-21(29)19(11-17)16-7-5-15(6-8-16)13-32(14-24(26(34)35)40-41(36,37)38)30-25(33)23-12-22(31-39-23)18-3-1-2-4-20(18)28/h1-12,24H,13-14H2,(H,30,33)(H,34,35)(H2,36,37,38)/t24-/m1/s1. The molecule has 1 atom stereocenters. The highest BCUT2D eigenvalue weighted by atomic mass is 35.5. The number of hydrogen-bond donors (Lipinski definition) is 4. The molecule has 1 aromatic heterocycles. The first-order valence-electron chi connectivity index (χ1n) is 11.7. The average Bonchev–Trinajstić information content (AvgIpc) is 3.40. The van der Waals surface area contributed by atoms with Crippen molar-refractivity contribution in [2.45, 2.75) is 12.6 Å². The number of amides is 1. The zero-order chi connectivity index (χ0) is 29.7. The van der Waals surface area contributed by atoms with Gasteiger partial charge in [0.05, 0.1) is 6.54 Å². The first-order valence-corrected chi connectivity index (χ1v) is 13.6. The molecule has 0 bridgehead atoms. The van der Waals surface area contributed by atoms with Gasteiger partial charge in [0.1, 0.15) is 17.3 Å². The molecular formula is C26H21ClF2N3O8P. The number of carboxylic acid groups (broad SMARTS) is 1. The van der Waals surface area contributed by atoms with E-state index in [1.165, 1.54) is 42.5 Å². The highest BCUT2D eigenvalue weighted by Gasteiger charge is 2.31. The van der Waals surface area contributed by atoms with Gasteiger partial charge in [0.15, 0.2) is 6.10 Å². The predicted molar refractivity (Wildman–Crippen MR) is 141 cm³/mol. The van der Waals surface area contributed by atoms with Crippen LogP contribution < -0.4 is 5.43 Å². The maximum atomic E-state index is 14.3. The summed E-state index contributed by atoms with van der Waals surface area (Å²) < 4.78 is 49.1. The highest BCUT2D eigenvalue weighted by Crippen LogP contribution is 2.38. The molecule has 4 rings (SSSR count). The summed E-state index contributed by atoms with van der Waals surface area (Å²) in [6, 6.07) is 17.2. The van der Waals surface area contributed by atoms with Gasteiger partial charge in [0.25, 0.3) is 0 Å². The number of rotatable bonds is 11. The fourth-order valence-corrected chi connectivity index (χ4v) is 4.44. The number of nitrogens with one attached hydrogen (secondary N) is 1. The number of carbonyl (C=O) groups is 2. The lowest BCUT2D eigenvalue weighted by atomic mass is 10.0. The van der Waals surface area contributed by atoms with Gasteiger partial charge in [-0.15, -0.1) is 0 Å². The normalized spacial score (nSPS) is 12.3. The van der Waals surface area contributed by atoms with E-state index >= 15 is 0 Å².